The van der Waals surface area contributed by atoms with Crippen LogP contribution in [0.1, 0.15) is 32.4 Å². The van der Waals surface area contributed by atoms with Crippen LogP contribution >= 0.6 is 0 Å². The van der Waals surface area contributed by atoms with Gasteiger partial charge in [-0.1, -0.05) is 32.0 Å². The first-order valence-corrected chi connectivity index (χ1v) is 6.81. The molecule has 102 valence electrons. The Kier molecular flexibility index (Phi) is 6.76. The molecule has 0 fully saturated rings. The lowest BCUT2D eigenvalue weighted by Crippen LogP contribution is -2.33. The fourth-order valence-corrected chi connectivity index (χ4v) is 2.11. The first-order chi connectivity index (χ1) is 8.72. The summed E-state index contributed by atoms with van der Waals surface area (Å²) in [6.45, 7) is 10.9. The van der Waals surface area contributed by atoms with E-state index in [0.29, 0.717) is 6.04 Å². The highest BCUT2D eigenvalue weighted by molar-refractivity contribution is 5.35. The van der Waals surface area contributed by atoms with E-state index >= 15 is 0 Å². The lowest BCUT2D eigenvalue weighted by atomic mass is 10.1. The predicted molar refractivity (Wildman–Crippen MR) is 77.2 cm³/mol. The lowest BCUT2D eigenvalue weighted by Gasteiger charge is -2.21. The summed E-state index contributed by atoms with van der Waals surface area (Å²) in [5, 5.41) is 3.55. The Morgan fingerprint density at radius 1 is 1.22 bits per heavy atom. The maximum atomic E-state index is 5.39. The molecule has 0 bridgehead atoms. The summed E-state index contributed by atoms with van der Waals surface area (Å²) in [7, 11) is 1.72. The fraction of sp³-hybridized carbons (Fsp3) is 0.600. The number of nitrogens with one attached hydrogen (secondary N) is 1. The molecule has 1 unspecified atom stereocenters. The van der Waals surface area contributed by atoms with Crippen molar-refractivity contribution in [2.45, 2.75) is 26.8 Å². The third-order valence-corrected chi connectivity index (χ3v) is 3.38. The van der Waals surface area contributed by atoms with E-state index in [1.807, 2.05) is 12.1 Å². The highest BCUT2D eigenvalue weighted by Gasteiger charge is 2.10. The minimum absolute atomic E-state index is 0.316. The van der Waals surface area contributed by atoms with Crippen LogP contribution in [0.3, 0.4) is 0 Å². The number of methoxy groups -OCH3 is 1. The van der Waals surface area contributed by atoms with Gasteiger partial charge in [-0.2, -0.15) is 0 Å². The molecule has 0 aliphatic carbocycles. The van der Waals surface area contributed by atoms with Crippen molar-refractivity contribution in [1.82, 2.24) is 10.2 Å². The Bertz CT molecular complexity index is 337. The molecule has 0 saturated heterocycles. The van der Waals surface area contributed by atoms with E-state index in [0.717, 1.165) is 31.9 Å². The van der Waals surface area contributed by atoms with Crippen LogP contribution < -0.4 is 10.1 Å². The third-order valence-electron chi connectivity index (χ3n) is 3.38. The van der Waals surface area contributed by atoms with Gasteiger partial charge in [-0.25, -0.2) is 0 Å². The highest BCUT2D eigenvalue weighted by atomic mass is 16.5. The lowest BCUT2D eigenvalue weighted by molar-refractivity contribution is 0.297. The average Bonchev–Trinajstić information content (AvgIpc) is 2.43. The second kappa shape index (κ2) is 8.11. The number of likely N-dealkylation sites (N-methyl/N-ethyl adjacent to an activating group) is 1. The minimum Gasteiger partial charge on any atom is -0.496 e. The van der Waals surface area contributed by atoms with Gasteiger partial charge in [0.05, 0.1) is 7.11 Å². The summed E-state index contributed by atoms with van der Waals surface area (Å²) < 4.78 is 5.39. The number of para-hydroxylation sites is 1. The van der Waals surface area contributed by atoms with Crippen molar-refractivity contribution >= 4 is 0 Å². The Balaban J connectivity index is 2.47. The monoisotopic (exact) mass is 250 g/mol. The van der Waals surface area contributed by atoms with E-state index in [1.54, 1.807) is 7.11 Å². The normalized spacial score (nSPS) is 12.7. The Hall–Kier alpha value is -1.06. The van der Waals surface area contributed by atoms with Gasteiger partial charge in [0.25, 0.3) is 0 Å². The summed E-state index contributed by atoms with van der Waals surface area (Å²) in [6.07, 6.45) is 0. The molecule has 1 atom stereocenters. The molecule has 3 nitrogen and oxygen atoms in total. The van der Waals surface area contributed by atoms with Gasteiger partial charge in [0.15, 0.2) is 0 Å². The first kappa shape index (κ1) is 15.0. The van der Waals surface area contributed by atoms with Crippen LogP contribution in [-0.4, -0.2) is 38.2 Å². The van der Waals surface area contributed by atoms with Gasteiger partial charge in [-0.05, 0) is 26.1 Å². The van der Waals surface area contributed by atoms with E-state index in [2.05, 4.69) is 43.1 Å². The van der Waals surface area contributed by atoms with E-state index in [9.17, 15) is 0 Å². The molecule has 0 radical (unpaired) electrons. The van der Waals surface area contributed by atoms with E-state index in [-0.39, 0.29) is 0 Å². The molecule has 0 amide bonds. The Morgan fingerprint density at radius 2 is 1.89 bits per heavy atom. The number of ether oxygens (including phenoxy) is 1. The zero-order valence-electron chi connectivity index (χ0n) is 12.1. The quantitative estimate of drug-likeness (QED) is 0.767. The summed E-state index contributed by atoms with van der Waals surface area (Å²) in [5.74, 6) is 0.959. The standard InChI is InChI=1S/C15H26N2O/c1-5-17(6-2)12-11-16-13(3)14-9-7-8-10-15(14)18-4/h7-10,13,16H,5-6,11-12H2,1-4H3. The summed E-state index contributed by atoms with van der Waals surface area (Å²) in [4.78, 5) is 2.42. The van der Waals surface area contributed by atoms with Gasteiger partial charge in [0.1, 0.15) is 5.75 Å². The predicted octanol–water partition coefficient (Wildman–Crippen LogP) is 2.69. The summed E-state index contributed by atoms with van der Waals surface area (Å²) >= 11 is 0. The third kappa shape index (κ3) is 4.31. The number of hydrogen-bond acceptors (Lipinski definition) is 3. The van der Waals surface area contributed by atoms with Crippen LogP contribution in [0, 0.1) is 0 Å². The Morgan fingerprint density at radius 3 is 2.50 bits per heavy atom. The largest absolute Gasteiger partial charge is 0.496 e. The van der Waals surface area contributed by atoms with Crippen molar-refractivity contribution < 1.29 is 4.74 Å². The molecule has 0 spiro atoms. The maximum absolute atomic E-state index is 5.39. The molecule has 0 aliphatic rings. The number of benzene rings is 1. The molecule has 3 heteroatoms. The smallest absolute Gasteiger partial charge is 0.123 e. The van der Waals surface area contributed by atoms with Gasteiger partial charge in [-0.3, -0.25) is 0 Å². The second-order valence-corrected chi connectivity index (χ2v) is 4.44. The second-order valence-electron chi connectivity index (χ2n) is 4.44. The van der Waals surface area contributed by atoms with Crippen LogP contribution in [0.25, 0.3) is 0 Å². The highest BCUT2D eigenvalue weighted by Crippen LogP contribution is 2.23. The molecule has 0 aromatic heterocycles. The van der Waals surface area contributed by atoms with Crippen LogP contribution in [-0.2, 0) is 0 Å². The van der Waals surface area contributed by atoms with Crippen molar-refractivity contribution in [3.8, 4) is 5.75 Å². The van der Waals surface area contributed by atoms with Gasteiger partial charge in [0.2, 0.25) is 0 Å². The van der Waals surface area contributed by atoms with Crippen LogP contribution in [0.4, 0.5) is 0 Å². The number of nitrogens with zero attached hydrogens (tertiary/aromatic N) is 1. The van der Waals surface area contributed by atoms with Gasteiger partial charge >= 0.3 is 0 Å². The van der Waals surface area contributed by atoms with Crippen LogP contribution in [0.2, 0.25) is 0 Å². The average molecular weight is 250 g/mol. The van der Waals surface area contributed by atoms with Crippen LogP contribution in [0.5, 0.6) is 5.75 Å². The van der Waals surface area contributed by atoms with Gasteiger partial charge < -0.3 is 15.0 Å². The zero-order chi connectivity index (χ0) is 13.4. The van der Waals surface area contributed by atoms with E-state index < -0.39 is 0 Å². The molecule has 1 aromatic carbocycles. The molecule has 0 heterocycles. The van der Waals surface area contributed by atoms with Crippen molar-refractivity contribution in [1.29, 1.82) is 0 Å². The van der Waals surface area contributed by atoms with Crippen molar-refractivity contribution in [3.63, 3.8) is 0 Å². The van der Waals surface area contributed by atoms with Crippen molar-refractivity contribution in [3.05, 3.63) is 29.8 Å². The van der Waals surface area contributed by atoms with Crippen molar-refractivity contribution in [2.75, 3.05) is 33.3 Å². The zero-order valence-corrected chi connectivity index (χ0v) is 12.1. The molecule has 1 N–H and O–H groups in total. The van der Waals surface area contributed by atoms with Gasteiger partial charge in [0, 0.05) is 24.7 Å². The van der Waals surface area contributed by atoms with Crippen LogP contribution in [0.15, 0.2) is 24.3 Å². The van der Waals surface area contributed by atoms with Gasteiger partial charge in [-0.15, -0.1) is 0 Å². The SMILES string of the molecule is CCN(CC)CCNC(C)c1ccccc1OC. The van der Waals surface area contributed by atoms with Crippen molar-refractivity contribution in [2.24, 2.45) is 0 Å². The first-order valence-electron chi connectivity index (χ1n) is 6.81. The summed E-state index contributed by atoms with van der Waals surface area (Å²) in [5.41, 5.74) is 1.22. The number of rotatable bonds is 8. The molecular formula is C15H26N2O. The number of hydrogen-bond donors (Lipinski definition) is 1. The molecule has 1 rings (SSSR count). The molecular weight excluding hydrogens is 224 g/mol. The topological polar surface area (TPSA) is 24.5 Å². The summed E-state index contributed by atoms with van der Waals surface area (Å²) in [6, 6.07) is 8.51. The fourth-order valence-electron chi connectivity index (χ4n) is 2.11. The molecule has 1 aromatic rings. The Labute approximate surface area is 111 Å². The van der Waals surface area contributed by atoms with E-state index in [1.165, 1.54) is 5.56 Å². The maximum Gasteiger partial charge on any atom is 0.123 e. The molecule has 18 heavy (non-hydrogen) atoms. The minimum atomic E-state index is 0.316. The molecule has 0 aliphatic heterocycles. The molecule has 0 saturated carbocycles. The van der Waals surface area contributed by atoms with E-state index in [4.69, 9.17) is 4.74 Å².